The van der Waals surface area contributed by atoms with E-state index < -0.39 is 35.3 Å². The van der Waals surface area contributed by atoms with Gasteiger partial charge in [-0.2, -0.15) is 0 Å². The van der Waals surface area contributed by atoms with Gasteiger partial charge >= 0.3 is 0 Å². The number of carbonyl (C=O) groups excluding carboxylic acids is 4. The molecule has 6 rings (SSSR count). The molecule has 9 nitrogen and oxygen atoms in total. The largest absolute Gasteiger partial charge is 0.343 e. The van der Waals surface area contributed by atoms with Crippen LogP contribution in [0.25, 0.3) is 0 Å². The van der Waals surface area contributed by atoms with Crippen molar-refractivity contribution < 1.29 is 32.3 Å². The van der Waals surface area contributed by atoms with E-state index in [9.17, 15) is 18.4 Å². The smallest absolute Gasteiger partial charge is 0.247 e. The fourth-order valence-electron chi connectivity index (χ4n) is 6.58. The van der Waals surface area contributed by atoms with Crippen molar-refractivity contribution in [3.63, 3.8) is 0 Å². The molecule has 1 saturated heterocycles. The molecule has 3 aliphatic rings. The van der Waals surface area contributed by atoms with Gasteiger partial charge in [0.15, 0.2) is 0 Å². The Hall–Kier alpha value is -4.42. The zero-order valence-electron chi connectivity index (χ0n) is 29.7. The van der Waals surface area contributed by atoms with Crippen molar-refractivity contribution in [2.75, 3.05) is 25.0 Å². The average molecular weight is 710 g/mol. The Morgan fingerprint density at radius 3 is 2.25 bits per heavy atom. The summed E-state index contributed by atoms with van der Waals surface area (Å²) in [4.78, 5) is 50.0. The summed E-state index contributed by atoms with van der Waals surface area (Å²) < 4.78 is 44.0. The SMILES string of the molecule is C=O.C=O.CC.Cc1cc(F)cc([C@H](c2ccc(F)cc2)[C@H](NC(=O)CC2CC2)C(=O)Nc2cncc(F)c2CC[C@H]2CNCCN2C2CC2)c1. The van der Waals surface area contributed by atoms with Crippen molar-refractivity contribution in [2.24, 2.45) is 5.92 Å². The first-order valence-corrected chi connectivity index (χ1v) is 17.5. The lowest BCUT2D eigenvalue weighted by atomic mass is 9.83. The van der Waals surface area contributed by atoms with Crippen LogP contribution in [0.1, 0.15) is 80.5 Å². The molecule has 3 atom stereocenters. The average Bonchev–Trinajstić information content (AvgIpc) is 4.08. The van der Waals surface area contributed by atoms with Crippen molar-refractivity contribution >= 4 is 31.1 Å². The topological polar surface area (TPSA) is 120 Å². The van der Waals surface area contributed by atoms with Gasteiger partial charge in [0, 0.05) is 49.6 Å². The molecule has 3 N–H and O–H groups in total. The first kappa shape index (κ1) is 41.0. The van der Waals surface area contributed by atoms with Gasteiger partial charge in [0.25, 0.3) is 0 Å². The molecular weight excluding hydrogens is 659 g/mol. The highest BCUT2D eigenvalue weighted by Gasteiger charge is 2.37. The molecule has 0 radical (unpaired) electrons. The van der Waals surface area contributed by atoms with Crippen molar-refractivity contribution in [1.29, 1.82) is 0 Å². The molecule has 0 bridgehead atoms. The summed E-state index contributed by atoms with van der Waals surface area (Å²) in [5.41, 5.74) is 2.19. The van der Waals surface area contributed by atoms with Crippen LogP contribution >= 0.6 is 0 Å². The summed E-state index contributed by atoms with van der Waals surface area (Å²) in [5.74, 6) is -2.96. The third-order valence-corrected chi connectivity index (χ3v) is 9.16. The maximum absolute atomic E-state index is 15.3. The van der Waals surface area contributed by atoms with E-state index in [1.54, 1.807) is 13.0 Å². The number of aromatic nitrogens is 1. The monoisotopic (exact) mass is 709 g/mol. The van der Waals surface area contributed by atoms with Crippen LogP contribution in [0.2, 0.25) is 0 Å². The van der Waals surface area contributed by atoms with E-state index in [0.29, 0.717) is 41.1 Å². The van der Waals surface area contributed by atoms with Crippen LogP contribution in [0.3, 0.4) is 0 Å². The zero-order chi connectivity index (χ0) is 37.5. The second-order valence-electron chi connectivity index (χ2n) is 12.8. The molecule has 2 saturated carbocycles. The maximum Gasteiger partial charge on any atom is 0.247 e. The van der Waals surface area contributed by atoms with E-state index in [4.69, 9.17) is 9.59 Å². The first-order chi connectivity index (χ1) is 24.7. The molecule has 2 aromatic carbocycles. The molecule has 0 unspecified atom stereocenters. The van der Waals surface area contributed by atoms with Gasteiger partial charge in [-0.3, -0.25) is 19.5 Å². The number of halogens is 3. The Labute approximate surface area is 298 Å². The molecule has 1 aliphatic heterocycles. The van der Waals surface area contributed by atoms with Gasteiger partial charge in [0.05, 0.1) is 18.1 Å². The number of aryl methyl sites for hydroxylation is 1. The van der Waals surface area contributed by atoms with E-state index in [2.05, 4.69) is 25.8 Å². The predicted octanol–water partition coefficient (Wildman–Crippen LogP) is 5.89. The number of anilines is 1. The quantitative estimate of drug-likeness (QED) is 0.215. The Kier molecular flexibility index (Phi) is 16.4. The second kappa shape index (κ2) is 20.4. The van der Waals surface area contributed by atoms with Crippen LogP contribution in [0.5, 0.6) is 0 Å². The molecule has 276 valence electrons. The molecule has 12 heteroatoms. The summed E-state index contributed by atoms with van der Waals surface area (Å²) in [6, 6.07) is 9.72. The number of pyridine rings is 1. The van der Waals surface area contributed by atoms with Gasteiger partial charge in [0.1, 0.15) is 37.1 Å². The number of amides is 2. The number of hydrogen-bond acceptors (Lipinski definition) is 7. The zero-order valence-corrected chi connectivity index (χ0v) is 29.7. The molecule has 3 fully saturated rings. The van der Waals surface area contributed by atoms with Crippen molar-refractivity contribution in [2.45, 2.75) is 89.8 Å². The van der Waals surface area contributed by atoms with E-state index in [-0.39, 0.29) is 30.0 Å². The minimum Gasteiger partial charge on any atom is -0.343 e. The number of hydrogen-bond donors (Lipinski definition) is 3. The predicted molar refractivity (Wildman–Crippen MR) is 192 cm³/mol. The Balaban J connectivity index is 0.00000111. The van der Waals surface area contributed by atoms with Crippen LogP contribution in [0.15, 0.2) is 54.9 Å². The molecular formula is C39H50F3N5O4. The highest BCUT2D eigenvalue weighted by molar-refractivity contribution is 5.98. The van der Waals surface area contributed by atoms with Gasteiger partial charge in [-0.1, -0.05) is 32.0 Å². The summed E-state index contributed by atoms with van der Waals surface area (Å²) in [6.07, 6.45) is 8.21. The molecule has 2 aliphatic carbocycles. The number of benzene rings is 2. The van der Waals surface area contributed by atoms with Gasteiger partial charge in [-0.05, 0) is 92.3 Å². The van der Waals surface area contributed by atoms with Gasteiger partial charge in [0.2, 0.25) is 11.8 Å². The Bertz CT molecular complexity index is 1550. The number of nitrogens with one attached hydrogen (secondary N) is 3. The van der Waals surface area contributed by atoms with Crippen molar-refractivity contribution in [1.82, 2.24) is 20.5 Å². The van der Waals surface area contributed by atoms with Crippen LogP contribution < -0.4 is 16.0 Å². The fourth-order valence-corrected chi connectivity index (χ4v) is 6.58. The number of rotatable bonds is 12. The minimum atomic E-state index is -1.20. The van der Waals surface area contributed by atoms with E-state index in [1.165, 1.54) is 55.4 Å². The molecule has 51 heavy (non-hydrogen) atoms. The van der Waals surface area contributed by atoms with Crippen LogP contribution in [0.4, 0.5) is 18.9 Å². The summed E-state index contributed by atoms with van der Waals surface area (Å²) in [7, 11) is 0. The van der Waals surface area contributed by atoms with Crippen molar-refractivity contribution in [3.8, 4) is 0 Å². The standard InChI is InChI=1S/C35H40F3N5O2.C2H6.2CH2O/c1-21-14-24(17-26(37)15-21)33(23-4-6-25(36)7-5-23)34(42-32(44)16-22-2-3-22)35(45)41-31-20-40-19-30(38)29(31)11-10-28-18-39-12-13-43(28)27-8-9-27;3*1-2/h4-7,14-15,17,19-20,22,27-28,33-34,39H,2-3,8-13,16,18H2,1H3,(H,41,45)(H,42,44);1-2H3;2*1H2/t28-,33-,34-;;;/m0.../s1. The van der Waals surface area contributed by atoms with Crippen LogP contribution in [-0.4, -0.2) is 73.0 Å². The number of piperazine rings is 1. The van der Waals surface area contributed by atoms with Crippen molar-refractivity contribution in [3.05, 3.63) is 94.6 Å². The third-order valence-electron chi connectivity index (χ3n) is 9.16. The van der Waals surface area contributed by atoms with Gasteiger partial charge in [-0.15, -0.1) is 0 Å². The fraction of sp³-hybridized carbons (Fsp3) is 0.462. The van der Waals surface area contributed by atoms with Crippen LogP contribution in [-0.2, 0) is 25.6 Å². The summed E-state index contributed by atoms with van der Waals surface area (Å²) in [5, 5.41) is 9.22. The van der Waals surface area contributed by atoms with E-state index >= 15 is 4.39 Å². The van der Waals surface area contributed by atoms with Crippen LogP contribution in [0, 0.1) is 30.3 Å². The number of carbonyl (C=O) groups is 4. The highest BCUT2D eigenvalue weighted by atomic mass is 19.1. The van der Waals surface area contributed by atoms with Gasteiger partial charge in [-0.25, -0.2) is 13.2 Å². The van der Waals surface area contributed by atoms with Gasteiger partial charge < -0.3 is 25.5 Å². The summed E-state index contributed by atoms with van der Waals surface area (Å²) in [6.45, 7) is 12.5. The second-order valence-corrected chi connectivity index (χ2v) is 12.8. The molecule has 3 aromatic rings. The van der Waals surface area contributed by atoms with E-state index in [0.717, 1.165) is 38.7 Å². The number of nitrogens with zero attached hydrogens (tertiary/aromatic N) is 2. The summed E-state index contributed by atoms with van der Waals surface area (Å²) >= 11 is 0. The normalized spacial score (nSPS) is 17.9. The highest BCUT2D eigenvalue weighted by Crippen LogP contribution is 2.35. The molecule has 2 heterocycles. The molecule has 0 spiro atoms. The minimum absolute atomic E-state index is 0.233. The Morgan fingerprint density at radius 1 is 0.941 bits per heavy atom. The molecule has 2 amide bonds. The molecule has 1 aromatic heterocycles. The first-order valence-electron chi connectivity index (χ1n) is 17.5. The lowest BCUT2D eigenvalue weighted by Crippen LogP contribution is -2.52. The van der Waals surface area contributed by atoms with E-state index in [1.807, 2.05) is 27.4 Å². The third kappa shape index (κ3) is 11.8. The maximum atomic E-state index is 15.3. The lowest BCUT2D eigenvalue weighted by molar-refractivity contribution is -0.127. The Morgan fingerprint density at radius 2 is 1.63 bits per heavy atom. The lowest BCUT2D eigenvalue weighted by Gasteiger charge is -2.36.